The van der Waals surface area contributed by atoms with Crippen LogP contribution in [0.5, 0.6) is 0 Å². The molecule has 1 aromatic heterocycles. The zero-order valence-corrected chi connectivity index (χ0v) is 20.6. The van der Waals surface area contributed by atoms with Gasteiger partial charge in [0.15, 0.2) is 0 Å². The van der Waals surface area contributed by atoms with Crippen LogP contribution in [0.15, 0.2) is 38.8 Å². The van der Waals surface area contributed by atoms with E-state index in [1.165, 1.54) is 18.0 Å². The van der Waals surface area contributed by atoms with Crippen molar-refractivity contribution in [2.45, 2.75) is 34.6 Å². The minimum absolute atomic E-state index is 0.0930. The van der Waals surface area contributed by atoms with E-state index in [9.17, 15) is 31.7 Å². The Bertz CT molecular complexity index is 1290. The number of rotatable bonds is 8. The van der Waals surface area contributed by atoms with Gasteiger partial charge in [0, 0.05) is 25.7 Å². The third kappa shape index (κ3) is 5.47. The Hall–Kier alpha value is -2.79. The van der Waals surface area contributed by atoms with Crippen LogP contribution in [0.25, 0.3) is 0 Å². The summed E-state index contributed by atoms with van der Waals surface area (Å²) in [4.78, 5) is 28.7. The molecule has 3 rings (SSSR count). The average Bonchev–Trinajstić information content (AvgIpc) is 3.23. The standard InChI is InChI=1S/C18H22N4O9S3/c1-3-21(18(23)30-10-12-4-6-13(7-5-12)11-31-22(24)25)15-9-20(2)34(28,29)17-14(15)8-16(32-17)33(19,26)27/h4-8,15H,3,9-11H2,1-2H3,(H2,19,26,27)/t15-/m0/s1. The van der Waals surface area contributed by atoms with Gasteiger partial charge in [-0.2, -0.15) is 4.31 Å². The van der Waals surface area contributed by atoms with E-state index in [-0.39, 0.29) is 40.3 Å². The molecular weight excluding hydrogens is 512 g/mol. The van der Waals surface area contributed by atoms with E-state index in [1.54, 1.807) is 31.2 Å². The zero-order valence-electron chi connectivity index (χ0n) is 18.1. The van der Waals surface area contributed by atoms with Gasteiger partial charge >= 0.3 is 6.09 Å². The minimum Gasteiger partial charge on any atom is -0.445 e. The van der Waals surface area contributed by atoms with Crippen molar-refractivity contribution in [1.82, 2.24) is 9.21 Å². The molecule has 0 spiro atoms. The lowest BCUT2D eigenvalue weighted by Crippen LogP contribution is -2.45. The molecule has 1 amide bonds. The second kappa shape index (κ2) is 9.83. The number of nitrogens with zero attached hydrogens (tertiary/aromatic N) is 3. The number of sulfonamides is 2. The zero-order chi connectivity index (χ0) is 25.3. The molecule has 0 unspecified atom stereocenters. The van der Waals surface area contributed by atoms with Crippen LogP contribution in [0.2, 0.25) is 0 Å². The highest BCUT2D eigenvalue weighted by Crippen LogP contribution is 2.41. The lowest BCUT2D eigenvalue weighted by molar-refractivity contribution is -0.763. The molecule has 2 aromatic rings. The summed E-state index contributed by atoms with van der Waals surface area (Å²) in [6, 6.07) is 6.84. The Balaban J connectivity index is 1.79. The Labute approximate surface area is 199 Å². The second-order valence-corrected chi connectivity index (χ2v) is 12.4. The van der Waals surface area contributed by atoms with Crippen molar-refractivity contribution in [2.24, 2.45) is 5.14 Å². The molecule has 2 N–H and O–H groups in total. The van der Waals surface area contributed by atoms with E-state index < -0.39 is 37.3 Å². The maximum atomic E-state index is 12.9. The SMILES string of the molecule is CCN(C(=O)OCc1ccc(CO[N+](=O)[O-])cc1)[C@H]1CN(C)S(=O)(=O)c2sc(S(N)(=O)=O)cc21. The van der Waals surface area contributed by atoms with Gasteiger partial charge in [-0.1, -0.05) is 24.3 Å². The number of hydrogen-bond acceptors (Lipinski definition) is 10. The van der Waals surface area contributed by atoms with Gasteiger partial charge in [0.25, 0.3) is 15.1 Å². The van der Waals surface area contributed by atoms with Gasteiger partial charge in [0.05, 0.1) is 6.04 Å². The number of hydrogen-bond donors (Lipinski definition) is 1. The lowest BCUT2D eigenvalue weighted by atomic mass is 10.1. The van der Waals surface area contributed by atoms with Gasteiger partial charge in [-0.25, -0.2) is 26.8 Å². The predicted octanol–water partition coefficient (Wildman–Crippen LogP) is 1.44. The van der Waals surface area contributed by atoms with E-state index in [4.69, 9.17) is 9.88 Å². The molecular formula is C18H22N4O9S3. The Morgan fingerprint density at radius 1 is 1.29 bits per heavy atom. The Morgan fingerprint density at radius 2 is 1.88 bits per heavy atom. The smallest absolute Gasteiger partial charge is 0.410 e. The highest BCUT2D eigenvalue weighted by Gasteiger charge is 2.41. The summed E-state index contributed by atoms with van der Waals surface area (Å²) in [7, 11) is -6.74. The molecule has 1 aliphatic heterocycles. The summed E-state index contributed by atoms with van der Waals surface area (Å²) >= 11 is 0.540. The summed E-state index contributed by atoms with van der Waals surface area (Å²) < 4.78 is 55.0. The molecule has 186 valence electrons. The van der Waals surface area contributed by atoms with Crippen molar-refractivity contribution in [3.63, 3.8) is 0 Å². The molecule has 0 bridgehead atoms. The maximum Gasteiger partial charge on any atom is 0.410 e. The Morgan fingerprint density at radius 3 is 2.41 bits per heavy atom. The van der Waals surface area contributed by atoms with Crippen molar-refractivity contribution >= 4 is 37.5 Å². The van der Waals surface area contributed by atoms with E-state index >= 15 is 0 Å². The molecule has 1 aliphatic rings. The summed E-state index contributed by atoms with van der Waals surface area (Å²) in [5.74, 6) is 0. The second-order valence-electron chi connectivity index (χ2n) is 7.31. The van der Waals surface area contributed by atoms with Crippen LogP contribution in [0.1, 0.15) is 29.7 Å². The molecule has 34 heavy (non-hydrogen) atoms. The van der Waals surface area contributed by atoms with E-state index in [2.05, 4.69) is 4.84 Å². The van der Waals surface area contributed by atoms with Crippen molar-refractivity contribution in [1.29, 1.82) is 0 Å². The summed E-state index contributed by atoms with van der Waals surface area (Å²) in [5.41, 5.74) is 1.34. The average molecular weight is 535 g/mol. The topological polar surface area (TPSA) is 179 Å². The third-order valence-corrected chi connectivity index (χ3v) is 10.0. The highest BCUT2D eigenvalue weighted by molar-refractivity contribution is 7.94. The molecule has 0 fully saturated rings. The van der Waals surface area contributed by atoms with Crippen molar-refractivity contribution < 1.29 is 36.3 Å². The van der Waals surface area contributed by atoms with Gasteiger partial charge in [0.1, 0.15) is 21.6 Å². The fourth-order valence-corrected chi connectivity index (χ4v) is 7.38. The summed E-state index contributed by atoms with van der Waals surface area (Å²) in [6.45, 7) is 1.43. The van der Waals surface area contributed by atoms with Crippen LogP contribution in [-0.2, 0) is 42.8 Å². The highest BCUT2D eigenvalue weighted by atomic mass is 32.3. The van der Waals surface area contributed by atoms with Crippen LogP contribution in [0.3, 0.4) is 0 Å². The monoisotopic (exact) mass is 534 g/mol. The first-order valence-electron chi connectivity index (χ1n) is 9.76. The first kappa shape index (κ1) is 25.8. The first-order valence-corrected chi connectivity index (χ1v) is 13.6. The number of likely N-dealkylation sites (N-methyl/N-ethyl adjacent to an activating group) is 2. The predicted molar refractivity (Wildman–Crippen MR) is 119 cm³/mol. The van der Waals surface area contributed by atoms with Crippen LogP contribution in [0.4, 0.5) is 4.79 Å². The van der Waals surface area contributed by atoms with Gasteiger partial charge in [-0.15, -0.1) is 21.5 Å². The number of benzene rings is 1. The number of thiophene rings is 1. The molecule has 0 aliphatic carbocycles. The molecule has 0 saturated heterocycles. The number of carbonyl (C=O) groups excluding carboxylic acids is 1. The number of carbonyl (C=O) groups is 1. The van der Waals surface area contributed by atoms with Gasteiger partial charge in [-0.05, 0) is 24.1 Å². The summed E-state index contributed by atoms with van der Waals surface area (Å²) in [6.07, 6.45) is -0.727. The van der Waals surface area contributed by atoms with Crippen LogP contribution in [-0.4, -0.2) is 57.4 Å². The molecule has 0 saturated carbocycles. The van der Waals surface area contributed by atoms with Crippen molar-refractivity contribution in [2.75, 3.05) is 20.1 Å². The molecule has 1 aromatic carbocycles. The molecule has 1 atom stereocenters. The van der Waals surface area contributed by atoms with Crippen molar-refractivity contribution in [3.8, 4) is 0 Å². The van der Waals surface area contributed by atoms with Crippen LogP contribution < -0.4 is 5.14 Å². The Kier molecular flexibility index (Phi) is 7.47. The largest absolute Gasteiger partial charge is 0.445 e. The molecule has 16 heteroatoms. The molecule has 13 nitrogen and oxygen atoms in total. The van der Waals surface area contributed by atoms with Gasteiger partial charge in [-0.3, -0.25) is 0 Å². The van der Waals surface area contributed by atoms with Gasteiger partial charge < -0.3 is 14.5 Å². The molecule has 0 radical (unpaired) electrons. The lowest BCUT2D eigenvalue weighted by Gasteiger charge is -2.36. The third-order valence-electron chi connectivity index (χ3n) is 5.09. The molecule has 2 heterocycles. The fourth-order valence-electron chi connectivity index (χ4n) is 3.35. The fraction of sp³-hybridized carbons (Fsp3) is 0.389. The minimum atomic E-state index is -4.14. The van der Waals surface area contributed by atoms with E-state index in [1.807, 2.05) is 0 Å². The van der Waals surface area contributed by atoms with E-state index in [0.717, 1.165) is 4.31 Å². The number of nitrogens with two attached hydrogens (primary N) is 1. The quantitative estimate of drug-likeness (QED) is 0.387. The van der Waals surface area contributed by atoms with E-state index in [0.29, 0.717) is 22.5 Å². The normalized spacial score (nSPS) is 17.6. The van der Waals surface area contributed by atoms with Crippen LogP contribution >= 0.6 is 11.3 Å². The van der Waals surface area contributed by atoms with Gasteiger partial charge in [0.2, 0.25) is 10.0 Å². The van der Waals surface area contributed by atoms with Crippen molar-refractivity contribution in [3.05, 3.63) is 57.1 Å². The number of amides is 1. The number of primary sulfonamides is 1. The first-order chi connectivity index (χ1) is 15.8. The van der Waals surface area contributed by atoms with Crippen LogP contribution in [0, 0.1) is 10.1 Å². The summed E-state index contributed by atoms with van der Waals surface area (Å²) in [5, 5.41) is 14.6. The number of fused-ring (bicyclic) bond motifs is 1. The maximum absolute atomic E-state index is 12.9. The number of ether oxygens (including phenoxy) is 1.